The summed E-state index contributed by atoms with van der Waals surface area (Å²) in [5, 5.41) is 0.637. The number of hydrogen-bond acceptors (Lipinski definition) is 3. The van der Waals surface area contributed by atoms with Gasteiger partial charge in [-0.1, -0.05) is 23.2 Å². The van der Waals surface area contributed by atoms with Crippen LogP contribution in [0.4, 0.5) is 0 Å². The molecular weight excluding hydrogens is 301 g/mol. The van der Waals surface area contributed by atoms with E-state index >= 15 is 0 Å². The fourth-order valence-corrected chi connectivity index (χ4v) is 3.02. The Bertz CT molecular complexity index is 565. The zero-order valence-corrected chi connectivity index (χ0v) is 12.7. The van der Waals surface area contributed by atoms with E-state index in [-0.39, 0.29) is 5.78 Å². The molecule has 0 unspecified atom stereocenters. The lowest BCUT2D eigenvalue weighted by Gasteiger charge is -2.14. The third-order valence-corrected chi connectivity index (χ3v) is 4.10. The lowest BCUT2D eigenvalue weighted by molar-refractivity contribution is 0.0943. The van der Waals surface area contributed by atoms with E-state index in [1.165, 1.54) is 11.3 Å². The summed E-state index contributed by atoms with van der Waals surface area (Å²) in [5.74, 6) is 0.0850. The summed E-state index contributed by atoms with van der Waals surface area (Å²) in [5.41, 5.74) is 0.681. The standard InChI is InChI=1S/C14H13Cl2NOS/c1-17(8-12-6-7-14(16)19-12)9-13(18)10-2-4-11(15)5-3-10/h2-7H,8-9H2,1H3. The molecule has 1 aromatic heterocycles. The molecule has 0 spiro atoms. The van der Waals surface area contributed by atoms with Crippen LogP contribution in [0.25, 0.3) is 0 Å². The van der Waals surface area contributed by atoms with Crippen LogP contribution in [0.2, 0.25) is 9.36 Å². The van der Waals surface area contributed by atoms with Crippen LogP contribution in [0.5, 0.6) is 0 Å². The molecular formula is C14H13Cl2NOS. The molecule has 0 aliphatic heterocycles. The second-order valence-electron chi connectivity index (χ2n) is 4.31. The maximum Gasteiger partial charge on any atom is 0.176 e. The Morgan fingerprint density at radius 3 is 2.42 bits per heavy atom. The molecule has 0 amide bonds. The molecule has 0 saturated heterocycles. The number of benzene rings is 1. The van der Waals surface area contributed by atoms with Gasteiger partial charge in [-0.25, -0.2) is 0 Å². The minimum Gasteiger partial charge on any atom is -0.294 e. The van der Waals surface area contributed by atoms with E-state index < -0.39 is 0 Å². The van der Waals surface area contributed by atoms with E-state index in [2.05, 4.69) is 0 Å². The fourth-order valence-electron chi connectivity index (χ4n) is 1.73. The predicted octanol–water partition coefficient (Wildman–Crippen LogP) is 4.37. The largest absolute Gasteiger partial charge is 0.294 e. The van der Waals surface area contributed by atoms with Gasteiger partial charge in [-0.05, 0) is 43.4 Å². The molecule has 100 valence electrons. The SMILES string of the molecule is CN(CC(=O)c1ccc(Cl)cc1)Cc1ccc(Cl)s1. The number of ketones is 1. The molecule has 0 N–H and O–H groups in total. The number of carbonyl (C=O) groups excluding carboxylic acids is 1. The Balaban J connectivity index is 1.93. The Morgan fingerprint density at radius 2 is 1.84 bits per heavy atom. The molecule has 0 saturated carbocycles. The average molecular weight is 314 g/mol. The molecule has 5 heteroatoms. The Kier molecular flexibility index (Phi) is 4.99. The van der Waals surface area contributed by atoms with Gasteiger partial charge in [0, 0.05) is 22.0 Å². The van der Waals surface area contributed by atoms with Crippen molar-refractivity contribution in [2.24, 2.45) is 0 Å². The zero-order chi connectivity index (χ0) is 13.8. The summed E-state index contributed by atoms with van der Waals surface area (Å²) in [7, 11) is 1.92. The van der Waals surface area contributed by atoms with Gasteiger partial charge in [0.05, 0.1) is 10.9 Å². The number of halogens is 2. The molecule has 0 fully saturated rings. The highest BCUT2D eigenvalue weighted by Gasteiger charge is 2.10. The van der Waals surface area contributed by atoms with Crippen molar-refractivity contribution in [1.29, 1.82) is 0 Å². The van der Waals surface area contributed by atoms with Gasteiger partial charge >= 0.3 is 0 Å². The van der Waals surface area contributed by atoms with Crippen LogP contribution in [0.15, 0.2) is 36.4 Å². The van der Waals surface area contributed by atoms with Crippen molar-refractivity contribution >= 4 is 40.3 Å². The number of rotatable bonds is 5. The van der Waals surface area contributed by atoms with Gasteiger partial charge in [-0.2, -0.15) is 0 Å². The van der Waals surface area contributed by atoms with Crippen LogP contribution in [0.1, 0.15) is 15.2 Å². The monoisotopic (exact) mass is 313 g/mol. The lowest BCUT2D eigenvalue weighted by atomic mass is 10.1. The third kappa shape index (κ3) is 4.32. The van der Waals surface area contributed by atoms with Crippen molar-refractivity contribution in [3.8, 4) is 0 Å². The molecule has 0 aliphatic rings. The van der Waals surface area contributed by atoms with Gasteiger partial charge in [-0.15, -0.1) is 11.3 Å². The summed E-state index contributed by atoms with van der Waals surface area (Å²) in [4.78, 5) is 15.2. The van der Waals surface area contributed by atoms with E-state index in [9.17, 15) is 4.79 Å². The smallest absolute Gasteiger partial charge is 0.176 e. The summed E-state index contributed by atoms with van der Waals surface area (Å²) < 4.78 is 0.771. The minimum absolute atomic E-state index is 0.0850. The first-order valence-electron chi connectivity index (χ1n) is 5.76. The fraction of sp³-hybridized carbons (Fsp3) is 0.214. The summed E-state index contributed by atoms with van der Waals surface area (Å²) in [6.07, 6.45) is 0. The number of thiophene rings is 1. The lowest BCUT2D eigenvalue weighted by Crippen LogP contribution is -2.25. The van der Waals surface area contributed by atoms with Crippen LogP contribution < -0.4 is 0 Å². The average Bonchev–Trinajstić information content (AvgIpc) is 2.75. The maximum absolute atomic E-state index is 12.1. The van der Waals surface area contributed by atoms with E-state index in [1.54, 1.807) is 24.3 Å². The minimum atomic E-state index is 0.0850. The van der Waals surface area contributed by atoms with Crippen LogP contribution in [0, 0.1) is 0 Å². The van der Waals surface area contributed by atoms with Gasteiger partial charge in [0.25, 0.3) is 0 Å². The van der Waals surface area contributed by atoms with E-state index in [4.69, 9.17) is 23.2 Å². The van der Waals surface area contributed by atoms with Crippen LogP contribution in [0.3, 0.4) is 0 Å². The Morgan fingerprint density at radius 1 is 1.16 bits per heavy atom. The van der Waals surface area contributed by atoms with E-state index in [1.807, 2.05) is 24.1 Å². The first-order valence-corrected chi connectivity index (χ1v) is 7.33. The predicted molar refractivity (Wildman–Crippen MR) is 81.4 cm³/mol. The Hall–Kier alpha value is -0.870. The summed E-state index contributed by atoms with van der Waals surface area (Å²) >= 11 is 13.2. The number of likely N-dealkylation sites (N-methyl/N-ethyl adjacent to an activating group) is 1. The maximum atomic E-state index is 12.1. The number of Topliss-reactive ketones (excluding diaryl/α,β-unsaturated/α-hetero) is 1. The second-order valence-corrected chi connectivity index (χ2v) is 6.54. The van der Waals surface area contributed by atoms with Gasteiger partial charge in [0.15, 0.2) is 5.78 Å². The summed E-state index contributed by atoms with van der Waals surface area (Å²) in [6.45, 7) is 1.09. The second kappa shape index (κ2) is 6.53. The van der Waals surface area contributed by atoms with Crippen LogP contribution in [-0.4, -0.2) is 24.3 Å². The molecule has 0 aliphatic carbocycles. The highest BCUT2D eigenvalue weighted by Crippen LogP contribution is 2.22. The highest BCUT2D eigenvalue weighted by molar-refractivity contribution is 7.16. The van der Waals surface area contributed by atoms with Gasteiger partial charge in [0.1, 0.15) is 0 Å². The molecule has 1 heterocycles. The van der Waals surface area contributed by atoms with E-state index in [0.717, 1.165) is 15.8 Å². The molecule has 2 aromatic rings. The quantitative estimate of drug-likeness (QED) is 0.764. The molecule has 19 heavy (non-hydrogen) atoms. The van der Waals surface area contributed by atoms with Crippen LogP contribution >= 0.6 is 34.5 Å². The van der Waals surface area contributed by atoms with Gasteiger partial charge in [-0.3, -0.25) is 9.69 Å². The molecule has 0 bridgehead atoms. The third-order valence-electron chi connectivity index (χ3n) is 2.63. The summed E-state index contributed by atoms with van der Waals surface area (Å²) in [6, 6.07) is 10.8. The zero-order valence-electron chi connectivity index (χ0n) is 10.4. The van der Waals surface area contributed by atoms with Gasteiger partial charge < -0.3 is 0 Å². The van der Waals surface area contributed by atoms with E-state index in [0.29, 0.717) is 17.1 Å². The number of nitrogens with zero attached hydrogens (tertiary/aromatic N) is 1. The first-order chi connectivity index (χ1) is 9.04. The Labute approximate surface area is 126 Å². The normalized spacial score (nSPS) is 10.9. The molecule has 0 atom stereocenters. The molecule has 2 rings (SSSR count). The molecule has 1 aromatic carbocycles. The number of carbonyl (C=O) groups is 1. The van der Waals surface area contributed by atoms with Crippen molar-refractivity contribution in [1.82, 2.24) is 4.90 Å². The van der Waals surface area contributed by atoms with Crippen molar-refractivity contribution in [3.05, 3.63) is 56.2 Å². The van der Waals surface area contributed by atoms with Crippen molar-refractivity contribution < 1.29 is 4.79 Å². The van der Waals surface area contributed by atoms with Crippen molar-refractivity contribution in [3.63, 3.8) is 0 Å². The topological polar surface area (TPSA) is 20.3 Å². The van der Waals surface area contributed by atoms with Crippen molar-refractivity contribution in [2.75, 3.05) is 13.6 Å². The molecule has 0 radical (unpaired) electrons. The molecule has 2 nitrogen and oxygen atoms in total. The van der Waals surface area contributed by atoms with Gasteiger partial charge in [0.2, 0.25) is 0 Å². The first kappa shape index (κ1) is 14.5. The van der Waals surface area contributed by atoms with Crippen LogP contribution in [-0.2, 0) is 6.54 Å². The highest BCUT2D eigenvalue weighted by atomic mass is 35.5. The van der Waals surface area contributed by atoms with Crippen molar-refractivity contribution in [2.45, 2.75) is 6.54 Å². The number of hydrogen-bond donors (Lipinski definition) is 0.